The number of aryl methyl sites for hydroxylation is 2. The molecule has 0 unspecified atom stereocenters. The van der Waals surface area contributed by atoms with E-state index >= 15 is 0 Å². The average molecular weight is 1170 g/mol. The predicted molar refractivity (Wildman–Crippen MR) is 354 cm³/mol. The molecular weight excluding hydrogens is 1090 g/mol. The lowest BCUT2D eigenvalue weighted by Gasteiger charge is -2.38. The molecule has 0 radical (unpaired) electrons. The smallest absolute Gasteiger partial charge is 0.151 e. The minimum atomic E-state index is 0.0791. The number of rotatable bonds is 14. The topological polar surface area (TPSA) is 205 Å². The highest BCUT2D eigenvalue weighted by molar-refractivity contribution is 5.99. The van der Waals surface area contributed by atoms with E-state index in [2.05, 4.69) is 155 Å². The Labute approximate surface area is 516 Å². The van der Waals surface area contributed by atoms with Gasteiger partial charge in [0.15, 0.2) is 11.6 Å². The van der Waals surface area contributed by atoms with E-state index in [1.165, 1.54) is 0 Å². The Balaban J connectivity index is 0.000000182. The quantitative estimate of drug-likeness (QED) is 0.0799. The van der Waals surface area contributed by atoms with Crippen LogP contribution < -0.4 is 31.1 Å². The average Bonchev–Trinajstić information content (AvgIpc) is 1.74. The van der Waals surface area contributed by atoms with Crippen molar-refractivity contribution >= 4 is 56.2 Å². The summed E-state index contributed by atoms with van der Waals surface area (Å²) in [4.78, 5) is 41.6. The van der Waals surface area contributed by atoms with E-state index in [1.807, 2.05) is 97.3 Å². The van der Waals surface area contributed by atoms with Crippen molar-refractivity contribution in [3.63, 3.8) is 0 Å². The van der Waals surface area contributed by atoms with Gasteiger partial charge in [0.05, 0.1) is 33.8 Å². The number of nitriles is 2. The maximum absolute atomic E-state index is 10.5. The third-order valence-corrected chi connectivity index (χ3v) is 16.1. The fourth-order valence-electron chi connectivity index (χ4n) is 12.0. The maximum atomic E-state index is 10.5. The number of hydrogen-bond donors (Lipinski definition) is 4. The first kappa shape index (κ1) is 60.0. The minimum absolute atomic E-state index is 0.0791. The Morgan fingerprint density at radius 3 is 1.26 bits per heavy atom. The van der Waals surface area contributed by atoms with Crippen LogP contribution >= 0.6 is 0 Å². The zero-order valence-electron chi connectivity index (χ0n) is 51.6. The highest BCUT2D eigenvalue weighted by Gasteiger charge is 2.29. The number of nitrogens with one attached hydrogen (secondary N) is 4. The molecule has 0 bridgehead atoms. The van der Waals surface area contributed by atoms with Crippen molar-refractivity contribution in [3.8, 4) is 34.7 Å². The van der Waals surface area contributed by atoms with Crippen molar-refractivity contribution in [1.29, 1.82) is 10.5 Å². The van der Waals surface area contributed by atoms with Gasteiger partial charge in [0.2, 0.25) is 0 Å². The van der Waals surface area contributed by atoms with Crippen LogP contribution in [0.4, 0.5) is 34.4 Å². The Bertz CT molecular complexity index is 3900. The highest BCUT2D eigenvalue weighted by atomic mass is 15.2. The first-order valence-corrected chi connectivity index (χ1v) is 30.4. The summed E-state index contributed by atoms with van der Waals surface area (Å²) in [6.45, 7) is 21.0. The summed E-state index contributed by atoms with van der Waals surface area (Å²) in [6, 6.07) is 46.2. The van der Waals surface area contributed by atoms with Crippen LogP contribution in [0.3, 0.4) is 0 Å². The molecule has 8 heterocycles. The number of aromatic nitrogens is 8. The van der Waals surface area contributed by atoms with Crippen molar-refractivity contribution in [2.45, 2.75) is 117 Å². The molecule has 0 aliphatic carbocycles. The second kappa shape index (κ2) is 26.5. The molecule has 0 spiro atoms. The third kappa shape index (κ3) is 14.6. The maximum Gasteiger partial charge on any atom is 0.151 e. The summed E-state index contributed by atoms with van der Waals surface area (Å²) in [5.41, 5.74) is 14.9. The molecule has 2 aliphatic rings. The van der Waals surface area contributed by atoms with E-state index in [1.54, 1.807) is 24.8 Å². The van der Waals surface area contributed by atoms with Crippen LogP contribution in [-0.4, -0.2) is 89.2 Å². The lowest BCUT2D eigenvalue weighted by atomic mass is 9.98. The second-order valence-electron chi connectivity index (χ2n) is 25.0. The fourth-order valence-corrected chi connectivity index (χ4v) is 12.0. The Kier molecular flexibility index (Phi) is 18.0. The zero-order chi connectivity index (χ0) is 61.4. The molecule has 0 atom stereocenters. The lowest BCUT2D eigenvalue weighted by molar-refractivity contribution is 0.317. The van der Waals surface area contributed by atoms with Crippen molar-refractivity contribution < 1.29 is 0 Å². The number of benzene rings is 4. The summed E-state index contributed by atoms with van der Waals surface area (Å²) >= 11 is 0. The molecule has 4 aromatic carbocycles. The highest BCUT2D eigenvalue weighted by Crippen LogP contribution is 2.39. The standard InChI is InChI=1S/2C36H38N8/c2*1-24-20-28(12-11-25(24)21-33-39-17-13-31(41-33)26-8-7-16-38-23-26)40-35-30(22-37)34(29-9-5-6-10-32(29)42-35)44-18-14-27(15-19-44)43-36(2,3)4/h2*5-13,16-17,20,23,27,43H,14-15,18-19,21H2,1-4H3,(H,40,42). The second-order valence-corrected chi connectivity index (χ2v) is 25.0. The van der Waals surface area contributed by atoms with Crippen LogP contribution in [0.5, 0.6) is 0 Å². The van der Waals surface area contributed by atoms with Gasteiger partial charge in [-0.25, -0.2) is 29.9 Å². The first-order chi connectivity index (χ1) is 42.5. The zero-order valence-corrected chi connectivity index (χ0v) is 51.6. The number of fused-ring (bicyclic) bond motifs is 2. The van der Waals surface area contributed by atoms with Crippen molar-refractivity contribution in [2.24, 2.45) is 0 Å². The molecule has 2 fully saturated rings. The van der Waals surface area contributed by atoms with E-state index < -0.39 is 0 Å². The summed E-state index contributed by atoms with van der Waals surface area (Å²) in [6.07, 6.45) is 16.1. The summed E-state index contributed by atoms with van der Waals surface area (Å²) in [5.74, 6) is 2.67. The molecule has 0 amide bonds. The SMILES string of the molecule is Cc1cc(Nc2nc3ccccc3c(N3CCC(NC(C)(C)C)CC3)c2C#N)ccc1Cc1nccc(-c2cccnc2)n1.Cc1cc(Nc2nc3ccccc3c(N3CCC(NC(C)(C)C)CC3)c2C#N)ccc1Cc1nccc(-c2cccnc2)n1. The molecule has 6 aromatic heterocycles. The monoisotopic (exact) mass is 1160 g/mol. The van der Waals surface area contributed by atoms with Gasteiger partial charge in [0.25, 0.3) is 0 Å². The summed E-state index contributed by atoms with van der Waals surface area (Å²) in [7, 11) is 0. The van der Waals surface area contributed by atoms with E-state index in [9.17, 15) is 10.5 Å². The number of pyridine rings is 4. The molecule has 2 saturated heterocycles. The number of para-hydroxylation sites is 2. The minimum Gasteiger partial charge on any atom is -0.370 e. The van der Waals surface area contributed by atoms with Gasteiger partial charge in [0, 0.05) is 133 Å². The first-order valence-electron chi connectivity index (χ1n) is 30.4. The van der Waals surface area contributed by atoms with Crippen LogP contribution in [0.2, 0.25) is 0 Å². The molecule has 16 heteroatoms. The molecule has 444 valence electrons. The molecule has 10 aromatic rings. The Morgan fingerprint density at radius 2 is 0.898 bits per heavy atom. The van der Waals surface area contributed by atoms with Crippen LogP contribution in [0.15, 0.2) is 159 Å². The largest absolute Gasteiger partial charge is 0.370 e. The van der Waals surface area contributed by atoms with Gasteiger partial charge in [-0.2, -0.15) is 10.5 Å². The van der Waals surface area contributed by atoms with Gasteiger partial charge in [-0.1, -0.05) is 48.5 Å². The normalized spacial score (nSPS) is 14.0. The van der Waals surface area contributed by atoms with Crippen LogP contribution in [0, 0.1) is 36.5 Å². The lowest BCUT2D eigenvalue weighted by Crippen LogP contribution is -2.49. The third-order valence-electron chi connectivity index (χ3n) is 16.1. The molecule has 4 N–H and O–H groups in total. The summed E-state index contributed by atoms with van der Waals surface area (Å²) in [5, 5.41) is 37.4. The molecule has 2 aliphatic heterocycles. The molecule has 16 nitrogen and oxygen atoms in total. The van der Waals surface area contributed by atoms with E-state index in [0.717, 1.165) is 153 Å². The molecule has 12 rings (SSSR count). The molecule has 0 saturated carbocycles. The predicted octanol–water partition coefficient (Wildman–Crippen LogP) is 13.9. The number of hydrogen-bond acceptors (Lipinski definition) is 16. The Morgan fingerprint density at radius 1 is 0.489 bits per heavy atom. The van der Waals surface area contributed by atoms with Crippen LogP contribution in [-0.2, 0) is 12.8 Å². The van der Waals surface area contributed by atoms with Gasteiger partial charge < -0.3 is 31.1 Å². The van der Waals surface area contributed by atoms with Crippen molar-refractivity contribution in [2.75, 3.05) is 46.6 Å². The van der Waals surface area contributed by atoms with Gasteiger partial charge in [-0.05, 0) is 176 Å². The molecule has 88 heavy (non-hydrogen) atoms. The van der Waals surface area contributed by atoms with Gasteiger partial charge in [-0.15, -0.1) is 0 Å². The van der Waals surface area contributed by atoms with Crippen LogP contribution in [0.1, 0.15) is 112 Å². The number of nitrogens with zero attached hydrogens (tertiary/aromatic N) is 12. The van der Waals surface area contributed by atoms with E-state index in [0.29, 0.717) is 47.7 Å². The number of piperidine rings is 2. The van der Waals surface area contributed by atoms with Gasteiger partial charge >= 0.3 is 0 Å². The summed E-state index contributed by atoms with van der Waals surface area (Å²) < 4.78 is 0. The molecular formula is C72H76N16. The van der Waals surface area contributed by atoms with Gasteiger partial charge in [0.1, 0.15) is 34.9 Å². The van der Waals surface area contributed by atoms with Crippen LogP contribution in [0.25, 0.3) is 44.3 Å². The number of anilines is 6. The Hall–Kier alpha value is -9.74. The van der Waals surface area contributed by atoms with E-state index in [-0.39, 0.29) is 11.1 Å². The fraction of sp³-hybridized carbons (Fsp3) is 0.306. The van der Waals surface area contributed by atoms with Crippen molar-refractivity contribution in [3.05, 3.63) is 204 Å². The van der Waals surface area contributed by atoms with Crippen molar-refractivity contribution in [1.82, 2.24) is 50.5 Å². The van der Waals surface area contributed by atoms with E-state index in [4.69, 9.17) is 19.9 Å². The van der Waals surface area contributed by atoms with Gasteiger partial charge in [-0.3, -0.25) is 9.97 Å².